The van der Waals surface area contributed by atoms with Crippen molar-refractivity contribution in [3.05, 3.63) is 65.7 Å². The Morgan fingerprint density at radius 1 is 0.947 bits per heavy atom. The topological polar surface area (TPSA) is 29.5 Å². The Balaban J connectivity index is 2.02. The SMILES string of the molecule is COc1ccc(C(O)CC(C)c2ccccc2)cc1. The van der Waals surface area contributed by atoms with Crippen molar-refractivity contribution in [1.82, 2.24) is 0 Å². The number of rotatable bonds is 5. The van der Waals surface area contributed by atoms with Gasteiger partial charge in [-0.15, -0.1) is 0 Å². The van der Waals surface area contributed by atoms with Gasteiger partial charge in [-0.25, -0.2) is 0 Å². The zero-order valence-electron chi connectivity index (χ0n) is 11.4. The van der Waals surface area contributed by atoms with Crippen molar-refractivity contribution < 1.29 is 9.84 Å². The Morgan fingerprint density at radius 3 is 2.16 bits per heavy atom. The van der Waals surface area contributed by atoms with Crippen LogP contribution in [-0.2, 0) is 0 Å². The minimum atomic E-state index is -0.443. The molecule has 19 heavy (non-hydrogen) atoms. The number of hydrogen-bond acceptors (Lipinski definition) is 2. The predicted octanol–water partition coefficient (Wildman–Crippen LogP) is 3.92. The third kappa shape index (κ3) is 3.58. The van der Waals surface area contributed by atoms with Gasteiger partial charge in [0.2, 0.25) is 0 Å². The first-order valence-electron chi connectivity index (χ1n) is 6.57. The van der Waals surface area contributed by atoms with Crippen LogP contribution < -0.4 is 4.74 Å². The molecule has 0 aliphatic heterocycles. The second kappa shape index (κ2) is 6.39. The molecule has 0 saturated heterocycles. The third-order valence-corrected chi connectivity index (χ3v) is 3.45. The van der Waals surface area contributed by atoms with E-state index in [9.17, 15) is 5.11 Å². The molecule has 0 fully saturated rings. The molecule has 0 saturated carbocycles. The summed E-state index contributed by atoms with van der Waals surface area (Å²) in [6.45, 7) is 2.14. The van der Waals surface area contributed by atoms with Crippen LogP contribution in [0.5, 0.6) is 5.75 Å². The molecule has 0 radical (unpaired) electrons. The molecule has 0 amide bonds. The molecule has 0 bridgehead atoms. The standard InChI is InChI=1S/C17H20O2/c1-13(14-6-4-3-5-7-14)12-17(18)15-8-10-16(19-2)11-9-15/h3-11,13,17-18H,12H2,1-2H3. The van der Waals surface area contributed by atoms with Crippen molar-refractivity contribution in [2.45, 2.75) is 25.4 Å². The van der Waals surface area contributed by atoms with Crippen LogP contribution in [0, 0.1) is 0 Å². The van der Waals surface area contributed by atoms with Gasteiger partial charge in [0.05, 0.1) is 13.2 Å². The number of methoxy groups -OCH3 is 1. The summed E-state index contributed by atoms with van der Waals surface area (Å²) in [5.74, 6) is 1.14. The van der Waals surface area contributed by atoms with Gasteiger partial charge in [-0.1, -0.05) is 49.4 Å². The number of ether oxygens (including phenoxy) is 1. The van der Waals surface area contributed by atoms with Crippen LogP contribution in [0.2, 0.25) is 0 Å². The first-order chi connectivity index (χ1) is 9.20. The van der Waals surface area contributed by atoms with Gasteiger partial charge in [0, 0.05) is 0 Å². The van der Waals surface area contributed by atoms with E-state index < -0.39 is 6.10 Å². The summed E-state index contributed by atoms with van der Waals surface area (Å²) in [7, 11) is 1.64. The fraction of sp³-hybridized carbons (Fsp3) is 0.294. The van der Waals surface area contributed by atoms with E-state index in [1.807, 2.05) is 42.5 Å². The van der Waals surface area contributed by atoms with E-state index in [-0.39, 0.29) is 0 Å². The van der Waals surface area contributed by atoms with Crippen molar-refractivity contribution in [2.24, 2.45) is 0 Å². The lowest BCUT2D eigenvalue weighted by molar-refractivity contribution is 0.159. The van der Waals surface area contributed by atoms with E-state index in [2.05, 4.69) is 19.1 Å². The molecule has 0 aromatic heterocycles. The smallest absolute Gasteiger partial charge is 0.118 e. The molecule has 2 aromatic rings. The lowest BCUT2D eigenvalue weighted by Gasteiger charge is -2.17. The minimum absolute atomic E-state index is 0.332. The van der Waals surface area contributed by atoms with Gasteiger partial charge in [0.25, 0.3) is 0 Å². The van der Waals surface area contributed by atoms with Gasteiger partial charge in [-0.05, 0) is 35.6 Å². The zero-order valence-corrected chi connectivity index (χ0v) is 11.4. The van der Waals surface area contributed by atoms with E-state index in [1.165, 1.54) is 5.56 Å². The normalized spacial score (nSPS) is 13.8. The summed E-state index contributed by atoms with van der Waals surface area (Å²) < 4.78 is 5.12. The molecule has 2 atom stereocenters. The van der Waals surface area contributed by atoms with Gasteiger partial charge in [-0.3, -0.25) is 0 Å². The summed E-state index contributed by atoms with van der Waals surface area (Å²) in [4.78, 5) is 0. The lowest BCUT2D eigenvalue weighted by Crippen LogP contribution is -2.03. The Morgan fingerprint density at radius 2 is 1.58 bits per heavy atom. The molecule has 2 heteroatoms. The van der Waals surface area contributed by atoms with Crippen LogP contribution in [0.25, 0.3) is 0 Å². The largest absolute Gasteiger partial charge is 0.497 e. The monoisotopic (exact) mass is 256 g/mol. The van der Waals surface area contributed by atoms with E-state index in [0.29, 0.717) is 5.92 Å². The van der Waals surface area contributed by atoms with E-state index in [4.69, 9.17) is 4.74 Å². The Kier molecular flexibility index (Phi) is 4.58. The molecular weight excluding hydrogens is 236 g/mol. The van der Waals surface area contributed by atoms with Crippen molar-refractivity contribution >= 4 is 0 Å². The highest BCUT2D eigenvalue weighted by Crippen LogP contribution is 2.28. The van der Waals surface area contributed by atoms with Crippen molar-refractivity contribution in [3.8, 4) is 5.75 Å². The molecular formula is C17H20O2. The summed E-state index contributed by atoms with van der Waals surface area (Å²) >= 11 is 0. The summed E-state index contributed by atoms with van der Waals surface area (Å²) in [6.07, 6.45) is 0.275. The first kappa shape index (κ1) is 13.6. The van der Waals surface area contributed by atoms with Crippen molar-refractivity contribution in [1.29, 1.82) is 0 Å². The number of aliphatic hydroxyl groups is 1. The van der Waals surface area contributed by atoms with Crippen LogP contribution in [0.4, 0.5) is 0 Å². The van der Waals surface area contributed by atoms with Gasteiger partial charge in [0.15, 0.2) is 0 Å². The fourth-order valence-corrected chi connectivity index (χ4v) is 2.21. The van der Waals surface area contributed by atoms with Crippen molar-refractivity contribution in [3.63, 3.8) is 0 Å². The molecule has 0 spiro atoms. The molecule has 2 unspecified atom stereocenters. The number of benzene rings is 2. The Hall–Kier alpha value is -1.80. The average Bonchev–Trinajstić information content (AvgIpc) is 2.48. The van der Waals surface area contributed by atoms with Gasteiger partial charge >= 0.3 is 0 Å². The van der Waals surface area contributed by atoms with Gasteiger partial charge in [-0.2, -0.15) is 0 Å². The van der Waals surface area contributed by atoms with Crippen LogP contribution in [0.15, 0.2) is 54.6 Å². The quantitative estimate of drug-likeness (QED) is 0.878. The fourth-order valence-electron chi connectivity index (χ4n) is 2.21. The summed E-state index contributed by atoms with van der Waals surface area (Å²) in [5.41, 5.74) is 2.19. The van der Waals surface area contributed by atoms with Crippen LogP contribution in [0.1, 0.15) is 36.5 Å². The van der Waals surface area contributed by atoms with E-state index in [1.54, 1.807) is 7.11 Å². The molecule has 0 aliphatic rings. The molecule has 2 aromatic carbocycles. The maximum absolute atomic E-state index is 10.3. The molecule has 100 valence electrons. The Bertz CT molecular complexity index is 490. The first-order valence-corrected chi connectivity index (χ1v) is 6.57. The van der Waals surface area contributed by atoms with Gasteiger partial charge < -0.3 is 9.84 Å². The minimum Gasteiger partial charge on any atom is -0.497 e. The molecule has 1 N–H and O–H groups in total. The number of hydrogen-bond donors (Lipinski definition) is 1. The van der Waals surface area contributed by atoms with Crippen LogP contribution in [-0.4, -0.2) is 12.2 Å². The van der Waals surface area contributed by atoms with Gasteiger partial charge in [0.1, 0.15) is 5.75 Å². The van der Waals surface area contributed by atoms with Crippen molar-refractivity contribution in [2.75, 3.05) is 7.11 Å². The summed E-state index contributed by atoms with van der Waals surface area (Å²) in [5, 5.41) is 10.3. The Labute approximate surface area is 114 Å². The highest BCUT2D eigenvalue weighted by Gasteiger charge is 2.13. The molecule has 0 heterocycles. The predicted molar refractivity (Wildman–Crippen MR) is 77.4 cm³/mol. The number of aliphatic hydroxyl groups excluding tert-OH is 1. The van der Waals surface area contributed by atoms with Crippen LogP contribution in [0.3, 0.4) is 0 Å². The summed E-state index contributed by atoms with van der Waals surface area (Å²) in [6, 6.07) is 17.9. The molecule has 2 rings (SSSR count). The zero-order chi connectivity index (χ0) is 13.7. The van der Waals surface area contributed by atoms with E-state index >= 15 is 0 Å². The van der Waals surface area contributed by atoms with Crippen LogP contribution >= 0.6 is 0 Å². The average molecular weight is 256 g/mol. The highest BCUT2D eigenvalue weighted by molar-refractivity contribution is 5.29. The maximum atomic E-state index is 10.3. The van der Waals surface area contributed by atoms with E-state index in [0.717, 1.165) is 17.7 Å². The second-order valence-electron chi connectivity index (χ2n) is 4.84. The maximum Gasteiger partial charge on any atom is 0.118 e. The highest BCUT2D eigenvalue weighted by atomic mass is 16.5. The molecule has 2 nitrogen and oxygen atoms in total. The second-order valence-corrected chi connectivity index (χ2v) is 4.84. The third-order valence-electron chi connectivity index (χ3n) is 3.45. The lowest BCUT2D eigenvalue weighted by atomic mass is 9.92. The molecule has 0 aliphatic carbocycles.